The quantitative estimate of drug-likeness (QED) is 0.778. The third-order valence-corrected chi connectivity index (χ3v) is 2.53. The molecule has 88 valence electrons. The molecule has 0 aromatic heterocycles. The van der Waals surface area contributed by atoms with Gasteiger partial charge >= 0.3 is 5.97 Å². The van der Waals surface area contributed by atoms with E-state index in [1.807, 2.05) is 0 Å². The number of rotatable bonds is 5. The van der Waals surface area contributed by atoms with Gasteiger partial charge in [-0.15, -0.1) is 0 Å². The summed E-state index contributed by atoms with van der Waals surface area (Å²) in [7, 11) is 1.38. The van der Waals surface area contributed by atoms with E-state index < -0.39 is 17.2 Å². The molecule has 0 aliphatic carbocycles. The molecule has 3 N–H and O–H groups in total. The second-order valence-corrected chi connectivity index (χ2v) is 3.53. The SMILES string of the molecule is COCC(CN)(C(=O)O)c1cccc(F)c1. The Hall–Kier alpha value is -1.46. The van der Waals surface area contributed by atoms with E-state index in [9.17, 15) is 14.3 Å². The molecule has 1 unspecified atom stereocenters. The highest BCUT2D eigenvalue weighted by atomic mass is 19.1. The Balaban J connectivity index is 3.24. The zero-order valence-corrected chi connectivity index (χ0v) is 8.94. The number of methoxy groups -OCH3 is 1. The Morgan fingerprint density at radius 1 is 1.62 bits per heavy atom. The van der Waals surface area contributed by atoms with Crippen LogP contribution in [0, 0.1) is 5.82 Å². The van der Waals surface area contributed by atoms with Crippen molar-refractivity contribution >= 4 is 5.97 Å². The summed E-state index contributed by atoms with van der Waals surface area (Å²) in [5, 5.41) is 9.22. The molecule has 0 radical (unpaired) electrons. The molecule has 0 aliphatic rings. The van der Waals surface area contributed by atoms with E-state index in [1.165, 1.54) is 31.4 Å². The van der Waals surface area contributed by atoms with Crippen LogP contribution < -0.4 is 5.73 Å². The summed E-state index contributed by atoms with van der Waals surface area (Å²) in [4.78, 5) is 11.3. The standard InChI is InChI=1S/C11H14FNO3/c1-16-7-11(6-13,10(14)15)8-3-2-4-9(12)5-8/h2-5H,6-7,13H2,1H3,(H,14,15). The Morgan fingerprint density at radius 3 is 2.75 bits per heavy atom. The molecular formula is C11H14FNO3. The Morgan fingerprint density at radius 2 is 2.31 bits per heavy atom. The molecule has 0 saturated heterocycles. The monoisotopic (exact) mass is 227 g/mol. The first-order valence-electron chi connectivity index (χ1n) is 4.75. The molecule has 5 heteroatoms. The zero-order valence-electron chi connectivity index (χ0n) is 8.94. The maximum atomic E-state index is 13.1. The van der Waals surface area contributed by atoms with Crippen LogP contribution in [0.1, 0.15) is 5.56 Å². The third-order valence-electron chi connectivity index (χ3n) is 2.53. The summed E-state index contributed by atoms with van der Waals surface area (Å²) < 4.78 is 17.9. The normalized spacial score (nSPS) is 14.4. The van der Waals surface area contributed by atoms with Gasteiger partial charge in [0.2, 0.25) is 0 Å². The van der Waals surface area contributed by atoms with Crippen molar-refractivity contribution in [2.75, 3.05) is 20.3 Å². The van der Waals surface area contributed by atoms with Crippen LogP contribution in [0.2, 0.25) is 0 Å². The Bertz CT molecular complexity index is 383. The van der Waals surface area contributed by atoms with Crippen LogP contribution >= 0.6 is 0 Å². The van der Waals surface area contributed by atoms with Crippen molar-refractivity contribution in [3.05, 3.63) is 35.6 Å². The average molecular weight is 227 g/mol. The summed E-state index contributed by atoms with van der Waals surface area (Å²) in [5.74, 6) is -1.62. The number of ether oxygens (including phenoxy) is 1. The van der Waals surface area contributed by atoms with Gasteiger partial charge in [0, 0.05) is 13.7 Å². The highest BCUT2D eigenvalue weighted by molar-refractivity contribution is 5.82. The van der Waals surface area contributed by atoms with Gasteiger partial charge in [-0.05, 0) is 17.7 Å². The van der Waals surface area contributed by atoms with Crippen molar-refractivity contribution in [1.82, 2.24) is 0 Å². The molecule has 0 amide bonds. The summed E-state index contributed by atoms with van der Waals surface area (Å²) in [6.07, 6.45) is 0. The van der Waals surface area contributed by atoms with E-state index in [0.717, 1.165) is 0 Å². The van der Waals surface area contributed by atoms with Crippen molar-refractivity contribution in [3.8, 4) is 0 Å². The fraction of sp³-hybridized carbons (Fsp3) is 0.364. The number of halogens is 1. The minimum Gasteiger partial charge on any atom is -0.480 e. The molecular weight excluding hydrogens is 213 g/mol. The fourth-order valence-corrected chi connectivity index (χ4v) is 1.57. The zero-order chi connectivity index (χ0) is 12.2. The number of benzene rings is 1. The summed E-state index contributed by atoms with van der Waals surface area (Å²) in [6, 6.07) is 5.40. The van der Waals surface area contributed by atoms with E-state index in [4.69, 9.17) is 10.5 Å². The van der Waals surface area contributed by atoms with Gasteiger partial charge < -0.3 is 15.6 Å². The predicted molar refractivity (Wildman–Crippen MR) is 56.6 cm³/mol. The molecule has 0 spiro atoms. The van der Waals surface area contributed by atoms with Crippen molar-refractivity contribution in [3.63, 3.8) is 0 Å². The van der Waals surface area contributed by atoms with Gasteiger partial charge in [0.25, 0.3) is 0 Å². The van der Waals surface area contributed by atoms with E-state index in [-0.39, 0.29) is 13.2 Å². The van der Waals surface area contributed by atoms with Gasteiger partial charge in [0.15, 0.2) is 0 Å². The third kappa shape index (κ3) is 2.20. The molecule has 1 rings (SSSR count). The van der Waals surface area contributed by atoms with Crippen molar-refractivity contribution in [1.29, 1.82) is 0 Å². The largest absolute Gasteiger partial charge is 0.480 e. The van der Waals surface area contributed by atoms with Gasteiger partial charge in [-0.3, -0.25) is 4.79 Å². The van der Waals surface area contributed by atoms with E-state index in [0.29, 0.717) is 5.56 Å². The fourth-order valence-electron chi connectivity index (χ4n) is 1.57. The minimum absolute atomic E-state index is 0.0950. The number of carboxylic acids is 1. The highest BCUT2D eigenvalue weighted by Gasteiger charge is 2.39. The molecule has 1 aromatic carbocycles. The van der Waals surface area contributed by atoms with E-state index in [2.05, 4.69) is 0 Å². The second-order valence-electron chi connectivity index (χ2n) is 3.53. The summed E-state index contributed by atoms with van der Waals surface area (Å²) >= 11 is 0. The lowest BCUT2D eigenvalue weighted by molar-refractivity contribution is -0.145. The van der Waals surface area contributed by atoms with Crippen molar-refractivity contribution < 1.29 is 19.0 Å². The average Bonchev–Trinajstić information content (AvgIpc) is 2.25. The van der Waals surface area contributed by atoms with Gasteiger partial charge in [-0.25, -0.2) is 4.39 Å². The molecule has 0 bridgehead atoms. The Labute approximate surface area is 92.8 Å². The smallest absolute Gasteiger partial charge is 0.317 e. The molecule has 1 atom stereocenters. The first-order valence-corrected chi connectivity index (χ1v) is 4.75. The number of hydrogen-bond donors (Lipinski definition) is 2. The lowest BCUT2D eigenvalue weighted by Crippen LogP contribution is -2.46. The number of hydrogen-bond acceptors (Lipinski definition) is 3. The number of carbonyl (C=O) groups is 1. The van der Waals surface area contributed by atoms with Crippen LogP contribution in [0.15, 0.2) is 24.3 Å². The molecule has 1 aromatic rings. The topological polar surface area (TPSA) is 72.5 Å². The maximum absolute atomic E-state index is 13.1. The second kappa shape index (κ2) is 5.05. The van der Waals surface area contributed by atoms with Gasteiger partial charge in [-0.1, -0.05) is 12.1 Å². The first kappa shape index (κ1) is 12.6. The number of aliphatic carboxylic acids is 1. The summed E-state index contributed by atoms with van der Waals surface area (Å²) in [6.45, 7) is -0.248. The Kier molecular flexibility index (Phi) is 3.98. The lowest BCUT2D eigenvalue weighted by Gasteiger charge is -2.27. The lowest BCUT2D eigenvalue weighted by atomic mass is 9.81. The molecule has 0 heterocycles. The van der Waals surface area contributed by atoms with Crippen LogP contribution in [-0.4, -0.2) is 31.3 Å². The van der Waals surface area contributed by atoms with Crippen LogP contribution in [0.3, 0.4) is 0 Å². The first-order chi connectivity index (χ1) is 7.56. The van der Waals surface area contributed by atoms with Crippen LogP contribution in [0.5, 0.6) is 0 Å². The van der Waals surface area contributed by atoms with Gasteiger partial charge in [-0.2, -0.15) is 0 Å². The minimum atomic E-state index is -1.39. The molecule has 0 fully saturated rings. The summed E-state index contributed by atoms with van der Waals surface area (Å²) in [5.41, 5.74) is 4.41. The van der Waals surface area contributed by atoms with Crippen LogP contribution in [0.4, 0.5) is 4.39 Å². The van der Waals surface area contributed by atoms with E-state index >= 15 is 0 Å². The van der Waals surface area contributed by atoms with Gasteiger partial charge in [0.1, 0.15) is 11.2 Å². The molecule has 0 saturated carbocycles. The number of carboxylic acid groups (broad SMARTS) is 1. The predicted octanol–water partition coefficient (Wildman–Crippen LogP) is 0.753. The van der Waals surface area contributed by atoms with Crippen molar-refractivity contribution in [2.45, 2.75) is 5.41 Å². The van der Waals surface area contributed by atoms with Crippen LogP contribution in [-0.2, 0) is 14.9 Å². The highest BCUT2D eigenvalue weighted by Crippen LogP contribution is 2.24. The van der Waals surface area contributed by atoms with Crippen molar-refractivity contribution in [2.24, 2.45) is 5.73 Å². The molecule has 0 aliphatic heterocycles. The molecule has 4 nitrogen and oxygen atoms in total. The van der Waals surface area contributed by atoms with Gasteiger partial charge in [0.05, 0.1) is 6.61 Å². The number of nitrogens with two attached hydrogens (primary N) is 1. The molecule has 16 heavy (non-hydrogen) atoms. The van der Waals surface area contributed by atoms with Crippen LogP contribution in [0.25, 0.3) is 0 Å². The van der Waals surface area contributed by atoms with E-state index in [1.54, 1.807) is 0 Å². The maximum Gasteiger partial charge on any atom is 0.317 e.